The Hall–Kier alpha value is -0.0500. The van der Waals surface area contributed by atoms with E-state index in [-0.39, 0.29) is 5.91 Å². The summed E-state index contributed by atoms with van der Waals surface area (Å²) in [5.74, 6) is 0.908. The molecule has 3 heteroatoms. The molecule has 0 radical (unpaired) electrons. The van der Waals surface area contributed by atoms with Crippen molar-refractivity contribution in [3.8, 4) is 0 Å². The van der Waals surface area contributed by atoms with Gasteiger partial charge in [-0.05, 0) is 25.2 Å². The topological polar surface area (TPSA) is 29.1 Å². The highest BCUT2D eigenvalue weighted by Crippen LogP contribution is 2.25. The van der Waals surface area contributed by atoms with E-state index >= 15 is 0 Å². The lowest BCUT2D eigenvalue weighted by atomic mass is 9.87. The third-order valence-electron chi connectivity index (χ3n) is 2.83. The summed E-state index contributed by atoms with van der Waals surface area (Å²) in [5.41, 5.74) is 0. The number of halogens is 1. The number of alkyl halides is 1. The summed E-state index contributed by atoms with van der Waals surface area (Å²) in [6, 6.07) is 0. The molecular weight excluding hydrogens is 242 g/mol. The summed E-state index contributed by atoms with van der Waals surface area (Å²) in [7, 11) is 0. The summed E-state index contributed by atoms with van der Waals surface area (Å²) in [4.78, 5) is 11.5. The monoisotopic (exact) mass is 261 g/mol. The maximum Gasteiger partial charge on any atom is 0.220 e. The Balaban J connectivity index is 2.06. The van der Waals surface area contributed by atoms with Crippen LogP contribution in [0.3, 0.4) is 0 Å². The van der Waals surface area contributed by atoms with Gasteiger partial charge in [-0.25, -0.2) is 0 Å². The van der Waals surface area contributed by atoms with Crippen LogP contribution < -0.4 is 5.32 Å². The standard InChI is InChI=1S/C11H20BrNO/c12-7-4-8-13-11(14)9-10-5-2-1-3-6-10/h10H,1-9H2,(H,13,14). The van der Waals surface area contributed by atoms with Crippen LogP contribution in [0.1, 0.15) is 44.9 Å². The normalized spacial score (nSPS) is 18.1. The van der Waals surface area contributed by atoms with Crippen molar-refractivity contribution >= 4 is 21.8 Å². The number of rotatable bonds is 5. The van der Waals surface area contributed by atoms with Crippen LogP contribution in [0.15, 0.2) is 0 Å². The molecule has 14 heavy (non-hydrogen) atoms. The molecule has 2 nitrogen and oxygen atoms in total. The molecule has 1 aliphatic carbocycles. The van der Waals surface area contributed by atoms with Gasteiger partial charge in [0, 0.05) is 18.3 Å². The fraction of sp³-hybridized carbons (Fsp3) is 0.909. The van der Waals surface area contributed by atoms with Crippen LogP contribution >= 0.6 is 15.9 Å². The van der Waals surface area contributed by atoms with Gasteiger partial charge >= 0.3 is 0 Å². The zero-order chi connectivity index (χ0) is 10.2. The molecule has 0 atom stereocenters. The molecule has 0 aliphatic heterocycles. The van der Waals surface area contributed by atoms with Gasteiger partial charge in [-0.1, -0.05) is 35.2 Å². The SMILES string of the molecule is O=C(CC1CCCCC1)NCCCBr. The van der Waals surface area contributed by atoms with Crippen LogP contribution in [-0.4, -0.2) is 17.8 Å². The molecule has 1 fully saturated rings. The highest BCUT2D eigenvalue weighted by atomic mass is 79.9. The Morgan fingerprint density at radius 3 is 2.64 bits per heavy atom. The van der Waals surface area contributed by atoms with Gasteiger partial charge in [-0.15, -0.1) is 0 Å². The van der Waals surface area contributed by atoms with Gasteiger partial charge in [0.05, 0.1) is 0 Å². The molecule has 0 aromatic heterocycles. The fourth-order valence-electron chi connectivity index (χ4n) is 2.02. The van der Waals surface area contributed by atoms with Crippen molar-refractivity contribution in [1.29, 1.82) is 0 Å². The summed E-state index contributed by atoms with van der Waals surface area (Å²) < 4.78 is 0. The molecule has 1 rings (SSSR count). The average Bonchev–Trinajstić information content (AvgIpc) is 2.20. The van der Waals surface area contributed by atoms with E-state index in [0.29, 0.717) is 5.92 Å². The van der Waals surface area contributed by atoms with Crippen molar-refractivity contribution < 1.29 is 4.79 Å². The second-order valence-corrected chi connectivity index (χ2v) is 4.89. The van der Waals surface area contributed by atoms with Gasteiger partial charge < -0.3 is 5.32 Å². The van der Waals surface area contributed by atoms with Crippen molar-refractivity contribution in [3.05, 3.63) is 0 Å². The lowest BCUT2D eigenvalue weighted by molar-refractivity contribution is -0.122. The van der Waals surface area contributed by atoms with Crippen molar-refractivity contribution in [2.45, 2.75) is 44.9 Å². The Kier molecular flexibility index (Phi) is 6.24. The van der Waals surface area contributed by atoms with Crippen molar-refractivity contribution in [1.82, 2.24) is 5.32 Å². The highest BCUT2D eigenvalue weighted by Gasteiger charge is 2.16. The average molecular weight is 262 g/mol. The highest BCUT2D eigenvalue weighted by molar-refractivity contribution is 9.09. The van der Waals surface area contributed by atoms with E-state index in [9.17, 15) is 4.79 Å². The molecule has 82 valence electrons. The number of hydrogen-bond donors (Lipinski definition) is 1. The molecule has 1 saturated carbocycles. The van der Waals surface area contributed by atoms with Crippen LogP contribution in [0.4, 0.5) is 0 Å². The first-order chi connectivity index (χ1) is 6.83. The van der Waals surface area contributed by atoms with E-state index in [0.717, 1.165) is 24.7 Å². The van der Waals surface area contributed by atoms with Crippen LogP contribution in [-0.2, 0) is 4.79 Å². The summed E-state index contributed by atoms with van der Waals surface area (Å²) >= 11 is 3.35. The summed E-state index contributed by atoms with van der Waals surface area (Å²) in [5, 5.41) is 3.93. The first kappa shape index (κ1) is 12.0. The minimum atomic E-state index is 0.248. The number of carbonyl (C=O) groups excluding carboxylic acids is 1. The second-order valence-electron chi connectivity index (χ2n) is 4.10. The van der Waals surface area contributed by atoms with Crippen LogP contribution in [0.5, 0.6) is 0 Å². The Labute approximate surface area is 95.0 Å². The van der Waals surface area contributed by atoms with E-state index in [1.807, 2.05) is 0 Å². The predicted octanol–water partition coefficient (Wildman–Crippen LogP) is 2.86. The third-order valence-corrected chi connectivity index (χ3v) is 3.39. The maximum absolute atomic E-state index is 11.5. The number of amides is 1. The minimum Gasteiger partial charge on any atom is -0.356 e. The van der Waals surface area contributed by atoms with Crippen molar-refractivity contribution in [2.75, 3.05) is 11.9 Å². The Morgan fingerprint density at radius 2 is 2.00 bits per heavy atom. The lowest BCUT2D eigenvalue weighted by Gasteiger charge is -2.20. The minimum absolute atomic E-state index is 0.248. The molecule has 1 amide bonds. The van der Waals surface area contributed by atoms with Gasteiger partial charge in [0.1, 0.15) is 0 Å². The van der Waals surface area contributed by atoms with Gasteiger partial charge in [-0.2, -0.15) is 0 Å². The maximum atomic E-state index is 11.5. The van der Waals surface area contributed by atoms with Crippen molar-refractivity contribution in [3.63, 3.8) is 0 Å². The second kappa shape index (κ2) is 7.27. The number of carbonyl (C=O) groups is 1. The smallest absolute Gasteiger partial charge is 0.220 e. The van der Waals surface area contributed by atoms with Gasteiger partial charge in [-0.3, -0.25) is 4.79 Å². The molecule has 0 bridgehead atoms. The molecule has 0 spiro atoms. The molecule has 0 unspecified atom stereocenters. The van der Waals surface area contributed by atoms with E-state index in [2.05, 4.69) is 21.2 Å². The fourth-order valence-corrected chi connectivity index (χ4v) is 2.30. The van der Waals surface area contributed by atoms with E-state index in [1.165, 1.54) is 32.1 Å². The van der Waals surface area contributed by atoms with Crippen molar-refractivity contribution in [2.24, 2.45) is 5.92 Å². The summed E-state index contributed by atoms with van der Waals surface area (Å²) in [6.07, 6.45) is 8.29. The Morgan fingerprint density at radius 1 is 1.29 bits per heavy atom. The van der Waals surface area contributed by atoms with E-state index in [4.69, 9.17) is 0 Å². The van der Waals surface area contributed by atoms with Gasteiger partial charge in [0.25, 0.3) is 0 Å². The van der Waals surface area contributed by atoms with E-state index < -0.39 is 0 Å². The molecule has 0 saturated heterocycles. The molecule has 0 aromatic rings. The van der Waals surface area contributed by atoms with Gasteiger partial charge in [0.15, 0.2) is 0 Å². The zero-order valence-corrected chi connectivity index (χ0v) is 10.3. The summed E-state index contributed by atoms with van der Waals surface area (Å²) in [6.45, 7) is 0.816. The molecule has 1 N–H and O–H groups in total. The first-order valence-corrected chi connectivity index (χ1v) is 6.77. The molecular formula is C11H20BrNO. The Bertz CT molecular complexity index is 167. The van der Waals surface area contributed by atoms with Gasteiger partial charge in [0.2, 0.25) is 5.91 Å². The van der Waals surface area contributed by atoms with Crippen LogP contribution in [0.2, 0.25) is 0 Å². The lowest BCUT2D eigenvalue weighted by Crippen LogP contribution is -2.27. The predicted molar refractivity (Wildman–Crippen MR) is 62.6 cm³/mol. The largest absolute Gasteiger partial charge is 0.356 e. The number of hydrogen-bond acceptors (Lipinski definition) is 1. The van der Waals surface area contributed by atoms with Crippen LogP contribution in [0.25, 0.3) is 0 Å². The molecule has 1 aliphatic rings. The molecule has 0 heterocycles. The van der Waals surface area contributed by atoms with Crippen LogP contribution in [0, 0.1) is 5.92 Å². The number of nitrogens with one attached hydrogen (secondary N) is 1. The third kappa shape index (κ3) is 4.99. The first-order valence-electron chi connectivity index (χ1n) is 5.65. The zero-order valence-electron chi connectivity index (χ0n) is 8.73. The van der Waals surface area contributed by atoms with E-state index in [1.54, 1.807) is 0 Å². The quantitative estimate of drug-likeness (QED) is 0.599. The molecule has 0 aromatic carbocycles.